The topological polar surface area (TPSA) is 20.2 Å². The van der Waals surface area contributed by atoms with E-state index in [0.29, 0.717) is 0 Å². The molecule has 0 aromatic carbocycles. The number of hydrogen-bond donors (Lipinski definition) is 1. The highest BCUT2D eigenvalue weighted by Gasteiger charge is 2.59. The predicted octanol–water partition coefficient (Wildman–Crippen LogP) is 7.39. The van der Waals surface area contributed by atoms with E-state index in [0.717, 1.165) is 0 Å². The molecule has 3 saturated carbocycles. The molecule has 28 heavy (non-hydrogen) atoms. The highest BCUT2D eigenvalue weighted by molar-refractivity contribution is 5.25. The second-order valence-corrected chi connectivity index (χ2v) is 5.97. The number of hydrogen-bond acceptors (Lipinski definition) is 1. The minimum Gasteiger partial charge on any atom is -0.393 e. The number of fused-ring (bicyclic) bond motifs is 5. The number of allylic oxidation sites excluding steroid dienone is 1. The van der Waals surface area contributed by atoms with Crippen molar-refractivity contribution in [1.29, 1.82) is 0 Å². The number of aliphatic hydroxyl groups is 1. The maximum Gasteiger partial charge on any atom is 0.0604 e. The van der Waals surface area contributed by atoms with Gasteiger partial charge in [-0.1, -0.05) is 65.0 Å². The normalized spacial score (nSPS) is 103. The largest absolute Gasteiger partial charge is 0.393 e. The first-order valence-corrected chi connectivity index (χ1v) is 7.72. The van der Waals surface area contributed by atoms with E-state index in [9.17, 15) is 25.7 Å². The zero-order valence-electron chi connectivity index (χ0n) is 58.9. The van der Waals surface area contributed by atoms with Crippen LogP contribution in [0.5, 0.6) is 0 Å². The Balaban J connectivity index is 2.69. The fourth-order valence-corrected chi connectivity index (χ4v) is 2.93. The Morgan fingerprint density at radius 3 is 2.96 bits per heavy atom. The third-order valence-corrected chi connectivity index (χ3v) is 4.24. The molecule has 0 amide bonds. The molecule has 1 heteroatoms. The molecule has 8 atom stereocenters. The monoisotopic (exact) mass is 432 g/mol. The molecule has 4 aliphatic carbocycles. The van der Waals surface area contributed by atoms with E-state index in [1.165, 1.54) is 0 Å². The molecule has 4 rings (SSSR count). The highest BCUT2D eigenvalue weighted by atomic mass is 16.3. The van der Waals surface area contributed by atoms with Crippen LogP contribution in [-0.2, 0) is 0 Å². The van der Waals surface area contributed by atoms with E-state index in [-0.39, 0.29) is 0 Å². The molecular weight excluding hydrogens is 340 g/mol. The molecule has 0 aromatic rings. The summed E-state index contributed by atoms with van der Waals surface area (Å²) in [7, 11) is 0. The molecule has 0 aliphatic heterocycles. The van der Waals surface area contributed by atoms with Crippen molar-refractivity contribution in [3.05, 3.63) is 11.6 Å². The molecule has 0 heterocycles. The van der Waals surface area contributed by atoms with Crippen molar-refractivity contribution in [2.24, 2.45) is 46.2 Å². The Hall–Kier alpha value is -0.300. The van der Waals surface area contributed by atoms with Gasteiger partial charge in [-0.3, -0.25) is 0 Å². The van der Waals surface area contributed by atoms with E-state index in [4.69, 9.17) is 41.1 Å². The van der Waals surface area contributed by atoms with Gasteiger partial charge in [-0.25, -0.2) is 0 Å². The molecule has 0 spiro atoms. The molecule has 0 unspecified atom stereocenters. The first-order chi connectivity index (χ1) is 30.8. The van der Waals surface area contributed by atoms with Crippen molar-refractivity contribution in [1.82, 2.24) is 0 Å². The lowest BCUT2D eigenvalue weighted by Crippen LogP contribution is -2.50. The lowest BCUT2D eigenvalue weighted by Gasteiger charge is -2.58. The summed E-state index contributed by atoms with van der Waals surface area (Å²) in [5.41, 5.74) is -14.7. The minimum absolute atomic E-state index is 2.78. The van der Waals surface area contributed by atoms with E-state index >= 15 is 0 Å². The van der Waals surface area contributed by atoms with Gasteiger partial charge in [0.25, 0.3) is 0 Å². The average Bonchev–Trinajstić information content (AvgIpc) is 3.21. The maximum absolute atomic E-state index is 11.2. The van der Waals surface area contributed by atoms with E-state index in [1.54, 1.807) is 0 Å². The average molecular weight is 432 g/mol. The maximum atomic E-state index is 11.2. The van der Waals surface area contributed by atoms with Gasteiger partial charge in [-0.05, 0) is 97.2 Å². The van der Waals surface area contributed by atoms with Crippen molar-refractivity contribution in [3.8, 4) is 0 Å². The Labute approximate surface area is 238 Å². The van der Waals surface area contributed by atoms with Gasteiger partial charge in [0.05, 0.1) is 8.82 Å². The van der Waals surface area contributed by atoms with Gasteiger partial charge < -0.3 is 5.11 Å². The molecule has 0 bridgehead atoms. The lowest BCUT2D eigenvalue weighted by atomic mass is 9.47. The van der Waals surface area contributed by atoms with Crippen molar-refractivity contribution in [2.45, 2.75) is 110 Å². The number of rotatable bonds is 5. The quantitative estimate of drug-likeness (QED) is 0.450. The summed E-state index contributed by atoms with van der Waals surface area (Å²) >= 11 is 0. The van der Waals surface area contributed by atoms with Crippen molar-refractivity contribution >= 4 is 0 Å². The summed E-state index contributed by atoms with van der Waals surface area (Å²) in [4.78, 5) is 0. The smallest absolute Gasteiger partial charge is 0.0604 e. The highest BCUT2D eigenvalue weighted by Crippen LogP contribution is 2.67. The van der Waals surface area contributed by atoms with Crippen LogP contribution in [0.2, 0.25) is 0 Å². The standard InChI is InChI=1S/C27H46O/c1-18(2)7-6-8-19(3)23-11-12-24-22-10-9-20-17-21(28)13-15-26(20,4)25(22)14-16-27(23,24)5/h9,18-19,21-25,28H,6-8,10-17H2,1-5H3/t19-,21+,22+,23-,24+,25+,26+,27-/m1/s1/i1D3,2D3,3D3,4D3,5D3,6D2,7D2,8D2,9D,10D2,11D2,12D2,13D2,14D2,15D2,16D2,17D2,18D,19D,21D,22D,23D,24D,25D. The van der Waals surface area contributed by atoms with Crippen LogP contribution in [0.3, 0.4) is 0 Å². The van der Waals surface area contributed by atoms with E-state index < -0.39 is 168 Å². The van der Waals surface area contributed by atoms with Crippen LogP contribution in [0, 0.1) is 46.2 Å². The minimum atomic E-state index is -6.34. The van der Waals surface area contributed by atoms with Crippen LogP contribution in [0.1, 0.15) is 166 Å². The molecule has 3 fully saturated rings. The zero-order valence-corrected chi connectivity index (χ0v) is 13.9. The van der Waals surface area contributed by atoms with Crippen molar-refractivity contribution < 1.29 is 66.8 Å². The summed E-state index contributed by atoms with van der Waals surface area (Å²) < 4.78 is 401. The van der Waals surface area contributed by atoms with Gasteiger partial charge in [-0.2, -0.15) is 0 Å². The molecule has 4 aliphatic rings. The zero-order chi connectivity index (χ0) is 59.7. The summed E-state index contributed by atoms with van der Waals surface area (Å²) in [6.45, 7) is -26.1. The van der Waals surface area contributed by atoms with Crippen LogP contribution >= 0.6 is 0 Å². The van der Waals surface area contributed by atoms with Gasteiger partial charge in [0.15, 0.2) is 0 Å². The van der Waals surface area contributed by atoms with Crippen molar-refractivity contribution in [3.63, 3.8) is 0 Å². The Kier molecular flexibility index (Phi) is 0.954. The van der Waals surface area contributed by atoms with Crippen LogP contribution in [0.15, 0.2) is 11.6 Å². The van der Waals surface area contributed by atoms with Crippen LogP contribution < -0.4 is 0 Å². The summed E-state index contributed by atoms with van der Waals surface area (Å²) in [5.74, 6) is -36.0. The van der Waals surface area contributed by atoms with Gasteiger partial charge in [0.2, 0.25) is 0 Å². The Morgan fingerprint density at radius 1 is 1.25 bits per heavy atom. The molecule has 1 N–H and O–H groups in total. The first-order valence-electron chi connectivity index (χ1n) is 30.2. The molecule has 0 saturated heterocycles. The molecule has 0 aromatic heterocycles. The third-order valence-electron chi connectivity index (χ3n) is 4.24. The summed E-state index contributed by atoms with van der Waals surface area (Å²) in [6.07, 6.45) is -66.9. The van der Waals surface area contributed by atoms with Crippen LogP contribution in [0.4, 0.5) is 0 Å². The molecule has 0 radical (unpaired) electrons. The van der Waals surface area contributed by atoms with Crippen LogP contribution in [-0.4, -0.2) is 11.2 Å². The second kappa shape index (κ2) is 7.75. The molecule has 1 nitrogen and oxygen atoms in total. The molecule has 160 valence electrons. The Morgan fingerprint density at radius 2 is 2.18 bits per heavy atom. The fourth-order valence-electron chi connectivity index (χ4n) is 2.93. The summed E-state index contributed by atoms with van der Waals surface area (Å²) in [6, 6.07) is -2.87. The fraction of sp³-hybridized carbons (Fsp3) is 0.926. The van der Waals surface area contributed by atoms with Gasteiger partial charge in [0.1, 0.15) is 0 Å². The SMILES string of the molecule is [2H]C1=C2C([2H])([2H])[C@@]([2H])(O)C([2H])([2H])C([2H])([2H])[C@]2(C([2H])([2H])[2H])[C@@]2([2H])C([2H])([2H])C([2H])([2H])[C@@]3(C([2H])([2H])[2H])[C@@]([2H])(C([2H])([2H])C([2H])([2H])[C@]3([2H])[C@]([2H])(C([2H])([2H])[2H])C([2H])([2H])C([2H])([2H])C([2H])([2H])C([2H])(C([2H])([2H])[2H])C([2H])([2H])[2H])[C@]2([2H])C1([2H])[2H]. The van der Waals surface area contributed by atoms with Crippen molar-refractivity contribution in [2.75, 3.05) is 0 Å². The van der Waals surface area contributed by atoms with Crippen LogP contribution in [0.25, 0.3) is 0 Å². The Bertz CT molecular complexity index is 2320. The summed E-state index contributed by atoms with van der Waals surface area (Å²) in [5, 5.41) is 11.2. The lowest BCUT2D eigenvalue weighted by molar-refractivity contribution is -0.0573. The van der Waals surface area contributed by atoms with Gasteiger partial charge in [0, 0.05) is 58.9 Å². The van der Waals surface area contributed by atoms with Gasteiger partial charge in [-0.15, -0.1) is 0 Å². The van der Waals surface area contributed by atoms with E-state index in [1.807, 2.05) is 0 Å². The predicted molar refractivity (Wildman–Crippen MR) is 119 cm³/mol. The first kappa shape index (κ1) is 3.45. The van der Waals surface area contributed by atoms with E-state index in [2.05, 4.69) is 0 Å². The third kappa shape index (κ3) is 3.42. The van der Waals surface area contributed by atoms with Gasteiger partial charge >= 0.3 is 0 Å². The second-order valence-electron chi connectivity index (χ2n) is 5.97. The molecular formula is C27H46O.